The summed E-state index contributed by atoms with van der Waals surface area (Å²) in [5.41, 5.74) is 6.97. The molecule has 0 atom stereocenters. The number of rotatable bonds is 14. The number of amides is 3. The van der Waals surface area contributed by atoms with Gasteiger partial charge in [0.15, 0.2) is 5.12 Å². The van der Waals surface area contributed by atoms with Gasteiger partial charge in [0, 0.05) is 42.4 Å². The Bertz CT molecular complexity index is 1380. The number of nitrogens with one attached hydrogen (secondary N) is 2. The predicted octanol–water partition coefficient (Wildman–Crippen LogP) is 6.67. The molecule has 0 radical (unpaired) electrons. The number of carbonyl (C=O) groups excluding carboxylic acids is 3. The molecule has 4 N–H and O–H groups in total. The van der Waals surface area contributed by atoms with Gasteiger partial charge in [-0.15, -0.1) is 0 Å². The van der Waals surface area contributed by atoms with E-state index in [1.54, 1.807) is 49.5 Å². The van der Waals surface area contributed by atoms with Crippen molar-refractivity contribution in [1.82, 2.24) is 10.3 Å². The number of carbonyl (C=O) groups is 3. The molecule has 3 amide bonds. The molecule has 0 aliphatic heterocycles. The normalized spacial score (nSPS) is 12.7. The van der Waals surface area contributed by atoms with Crippen molar-refractivity contribution >= 4 is 57.0 Å². The highest BCUT2D eigenvalue weighted by Crippen LogP contribution is 2.35. The summed E-state index contributed by atoms with van der Waals surface area (Å²) >= 11 is 7.75. The van der Waals surface area contributed by atoms with Crippen LogP contribution in [0.4, 0.5) is 10.5 Å². The van der Waals surface area contributed by atoms with Gasteiger partial charge in [-0.2, -0.15) is 0 Å². The number of primary amides is 1. The number of thioether (sulfide) groups is 1. The number of hydrogen-bond acceptors (Lipinski definition) is 7. The fourth-order valence-corrected chi connectivity index (χ4v) is 4.89. The van der Waals surface area contributed by atoms with Gasteiger partial charge in [-0.05, 0) is 49.9 Å². The number of ether oxygens (including phenoxy) is 2. The van der Waals surface area contributed by atoms with Gasteiger partial charge in [-0.3, -0.25) is 14.6 Å². The Morgan fingerprint density at radius 2 is 1.82 bits per heavy atom. The van der Waals surface area contributed by atoms with Gasteiger partial charge in [-0.25, -0.2) is 4.79 Å². The number of anilines is 1. The summed E-state index contributed by atoms with van der Waals surface area (Å²) in [5, 5.41) is 6.67. The minimum atomic E-state index is -0.613. The quantitative estimate of drug-likeness (QED) is 0.180. The van der Waals surface area contributed by atoms with E-state index >= 15 is 0 Å². The summed E-state index contributed by atoms with van der Waals surface area (Å²) in [6.45, 7) is 2.03. The maximum atomic E-state index is 12.3. The average Bonchev–Trinajstić information content (AvgIpc) is 3.72. The van der Waals surface area contributed by atoms with E-state index in [9.17, 15) is 14.4 Å². The Kier molecular flexibility index (Phi) is 10.5. The fourth-order valence-electron chi connectivity index (χ4n) is 4.04. The molecule has 1 heterocycles. The number of pyridine rings is 1. The van der Waals surface area contributed by atoms with Crippen LogP contribution in [0.15, 0.2) is 42.6 Å². The summed E-state index contributed by atoms with van der Waals surface area (Å²) < 4.78 is 12.0. The van der Waals surface area contributed by atoms with Crippen LogP contribution in [0.25, 0.3) is 10.9 Å². The molecule has 9 nitrogen and oxygen atoms in total. The molecule has 0 spiro atoms. The molecular formula is C29H33ClN4O5S. The van der Waals surface area contributed by atoms with Crippen molar-refractivity contribution in [1.29, 1.82) is 0 Å². The van der Waals surface area contributed by atoms with E-state index in [2.05, 4.69) is 15.6 Å². The zero-order chi connectivity index (χ0) is 28.5. The second-order valence-electron chi connectivity index (χ2n) is 9.61. The summed E-state index contributed by atoms with van der Waals surface area (Å²) in [7, 11) is 0. The lowest BCUT2D eigenvalue weighted by atomic mass is 10.1. The highest BCUT2D eigenvalue weighted by atomic mass is 35.5. The van der Waals surface area contributed by atoms with Crippen LogP contribution in [-0.2, 0) is 4.79 Å². The first-order chi connectivity index (χ1) is 19.3. The Labute approximate surface area is 242 Å². The van der Waals surface area contributed by atoms with E-state index in [1.165, 1.54) is 11.8 Å². The molecule has 11 heteroatoms. The molecule has 1 saturated carbocycles. The van der Waals surface area contributed by atoms with Crippen LogP contribution in [0.5, 0.6) is 17.2 Å². The number of halogens is 1. The molecule has 1 aromatic heterocycles. The maximum Gasteiger partial charge on any atom is 0.319 e. The minimum absolute atomic E-state index is 0.157. The Hall–Kier alpha value is -3.50. The van der Waals surface area contributed by atoms with Crippen LogP contribution in [-0.4, -0.2) is 40.4 Å². The van der Waals surface area contributed by atoms with Gasteiger partial charge in [0.05, 0.1) is 28.4 Å². The third kappa shape index (κ3) is 8.76. The van der Waals surface area contributed by atoms with Gasteiger partial charge in [0.2, 0.25) is 0 Å². The summed E-state index contributed by atoms with van der Waals surface area (Å²) in [5.74, 6) is 1.54. The first kappa shape index (κ1) is 29.5. The standard InChI is InChI=1S/C29H33ClN4O5S/c1-18(35)40-14-6-4-2-3-5-13-38-27-17-25-21(16-22(27)28(31)36)26(11-12-32-25)39-20-9-10-24(23(30)15-20)34-29(37)33-19-7-8-19/h9-12,15-17,19H,2-8,13-14H2,1H3,(H2,31,36)(H2,33,34,37). The molecule has 0 bridgehead atoms. The Morgan fingerprint density at radius 1 is 1.05 bits per heavy atom. The third-order valence-corrected chi connectivity index (χ3v) is 7.46. The number of benzene rings is 2. The molecule has 40 heavy (non-hydrogen) atoms. The predicted molar refractivity (Wildman–Crippen MR) is 159 cm³/mol. The van der Waals surface area contributed by atoms with Gasteiger partial charge in [-0.1, -0.05) is 42.6 Å². The number of unbranched alkanes of at least 4 members (excludes halogenated alkanes) is 4. The van der Waals surface area contributed by atoms with Crippen LogP contribution < -0.4 is 25.8 Å². The van der Waals surface area contributed by atoms with Crippen LogP contribution in [0.1, 0.15) is 62.2 Å². The Morgan fingerprint density at radius 3 is 2.55 bits per heavy atom. The molecule has 1 aliphatic carbocycles. The number of hydrogen-bond donors (Lipinski definition) is 3. The molecule has 2 aromatic carbocycles. The minimum Gasteiger partial charge on any atom is -0.493 e. The van der Waals surface area contributed by atoms with Gasteiger partial charge in [0.25, 0.3) is 5.91 Å². The SMILES string of the molecule is CC(=O)SCCCCCCCOc1cc2nccc(Oc3ccc(NC(=O)NC4CC4)c(Cl)c3)c2cc1C(N)=O. The van der Waals surface area contributed by atoms with Crippen molar-refractivity contribution in [2.75, 3.05) is 17.7 Å². The van der Waals surface area contributed by atoms with E-state index in [1.807, 2.05) is 0 Å². The average molecular weight is 585 g/mol. The van der Waals surface area contributed by atoms with Crippen molar-refractivity contribution in [2.45, 2.75) is 57.9 Å². The number of fused-ring (bicyclic) bond motifs is 1. The molecule has 1 aliphatic rings. The number of nitrogens with zero attached hydrogens (tertiary/aromatic N) is 1. The van der Waals surface area contributed by atoms with Crippen LogP contribution in [0, 0.1) is 0 Å². The van der Waals surface area contributed by atoms with E-state index in [-0.39, 0.29) is 22.8 Å². The lowest BCUT2D eigenvalue weighted by Crippen LogP contribution is -2.30. The maximum absolute atomic E-state index is 12.3. The highest BCUT2D eigenvalue weighted by molar-refractivity contribution is 8.13. The van der Waals surface area contributed by atoms with Crippen molar-refractivity contribution in [3.8, 4) is 17.2 Å². The molecule has 3 aromatic rings. The zero-order valence-corrected chi connectivity index (χ0v) is 23.9. The lowest BCUT2D eigenvalue weighted by molar-refractivity contribution is -0.109. The molecule has 212 valence electrons. The van der Waals surface area contributed by atoms with Crippen LogP contribution >= 0.6 is 23.4 Å². The van der Waals surface area contributed by atoms with Gasteiger partial charge in [0.1, 0.15) is 17.2 Å². The van der Waals surface area contributed by atoms with E-state index in [0.29, 0.717) is 45.5 Å². The van der Waals surface area contributed by atoms with E-state index in [4.69, 9.17) is 26.8 Å². The third-order valence-electron chi connectivity index (χ3n) is 6.25. The van der Waals surface area contributed by atoms with Crippen molar-refractivity contribution in [3.05, 3.63) is 53.2 Å². The molecule has 1 fully saturated rings. The van der Waals surface area contributed by atoms with Crippen molar-refractivity contribution < 1.29 is 23.9 Å². The number of aromatic nitrogens is 1. The highest BCUT2D eigenvalue weighted by Gasteiger charge is 2.23. The van der Waals surface area contributed by atoms with Crippen molar-refractivity contribution in [2.24, 2.45) is 5.73 Å². The van der Waals surface area contributed by atoms with Crippen LogP contribution in [0.3, 0.4) is 0 Å². The van der Waals surface area contributed by atoms with E-state index in [0.717, 1.165) is 50.7 Å². The second-order valence-corrected chi connectivity index (χ2v) is 11.3. The summed E-state index contributed by atoms with van der Waals surface area (Å²) in [6, 6.07) is 9.91. The van der Waals surface area contributed by atoms with Crippen LogP contribution in [0.2, 0.25) is 5.02 Å². The Balaban J connectivity index is 1.38. The van der Waals surface area contributed by atoms with Gasteiger partial charge >= 0.3 is 6.03 Å². The lowest BCUT2D eigenvalue weighted by Gasteiger charge is -2.14. The first-order valence-corrected chi connectivity index (χ1v) is 14.7. The summed E-state index contributed by atoms with van der Waals surface area (Å²) in [4.78, 5) is 39.7. The smallest absolute Gasteiger partial charge is 0.319 e. The summed E-state index contributed by atoms with van der Waals surface area (Å²) in [6.07, 6.45) is 8.54. The second kappa shape index (κ2) is 14.2. The molecule has 0 unspecified atom stereocenters. The molecule has 0 saturated heterocycles. The first-order valence-electron chi connectivity index (χ1n) is 13.3. The zero-order valence-electron chi connectivity index (χ0n) is 22.3. The van der Waals surface area contributed by atoms with Crippen molar-refractivity contribution in [3.63, 3.8) is 0 Å². The molecule has 4 rings (SSSR count). The monoisotopic (exact) mass is 584 g/mol. The number of urea groups is 1. The molecular weight excluding hydrogens is 552 g/mol. The number of nitrogens with two attached hydrogens (primary N) is 1. The fraction of sp³-hybridized carbons (Fsp3) is 0.379. The largest absolute Gasteiger partial charge is 0.493 e. The van der Waals surface area contributed by atoms with Gasteiger partial charge < -0.3 is 25.8 Å². The van der Waals surface area contributed by atoms with E-state index < -0.39 is 5.91 Å². The topological polar surface area (TPSA) is 133 Å².